The lowest BCUT2D eigenvalue weighted by Gasteiger charge is -2.38. The van der Waals surface area contributed by atoms with Gasteiger partial charge in [0.1, 0.15) is 11.5 Å². The summed E-state index contributed by atoms with van der Waals surface area (Å²) in [6.07, 6.45) is 4.12. The molecular formula is C19H24BrNO4. The van der Waals surface area contributed by atoms with Crippen molar-refractivity contribution in [3.8, 4) is 5.75 Å². The van der Waals surface area contributed by atoms with Gasteiger partial charge in [0.25, 0.3) is 0 Å². The van der Waals surface area contributed by atoms with Gasteiger partial charge in [-0.2, -0.15) is 0 Å². The Morgan fingerprint density at radius 1 is 1.32 bits per heavy atom. The number of hydrogen-bond acceptors (Lipinski definition) is 5. The second kappa shape index (κ2) is 7.98. The number of hydrogen-bond donors (Lipinski definition) is 1. The van der Waals surface area contributed by atoms with Crippen molar-refractivity contribution in [1.29, 1.82) is 0 Å². The Labute approximate surface area is 156 Å². The third-order valence-corrected chi connectivity index (χ3v) is 5.74. The van der Waals surface area contributed by atoms with Gasteiger partial charge in [0, 0.05) is 25.6 Å². The second-order valence-electron chi connectivity index (χ2n) is 6.90. The molecule has 136 valence electrons. The van der Waals surface area contributed by atoms with Crippen LogP contribution in [0.25, 0.3) is 0 Å². The molecule has 2 fully saturated rings. The quantitative estimate of drug-likeness (QED) is 0.459. The Morgan fingerprint density at radius 3 is 2.84 bits per heavy atom. The molecule has 5 nitrogen and oxygen atoms in total. The van der Waals surface area contributed by atoms with E-state index >= 15 is 0 Å². The minimum Gasteiger partial charge on any atom is -0.466 e. The van der Waals surface area contributed by atoms with Crippen LogP contribution in [-0.4, -0.2) is 38.1 Å². The summed E-state index contributed by atoms with van der Waals surface area (Å²) < 4.78 is 11.3. The van der Waals surface area contributed by atoms with Crippen LogP contribution in [0.4, 0.5) is 0 Å². The van der Waals surface area contributed by atoms with Gasteiger partial charge < -0.3 is 14.8 Å². The van der Waals surface area contributed by atoms with Gasteiger partial charge in [0.2, 0.25) is 0 Å². The van der Waals surface area contributed by atoms with Crippen LogP contribution in [0.2, 0.25) is 0 Å². The molecule has 1 aliphatic carbocycles. The fourth-order valence-corrected chi connectivity index (χ4v) is 4.62. The fourth-order valence-electron chi connectivity index (χ4n) is 3.93. The molecule has 0 radical (unpaired) electrons. The molecule has 1 heterocycles. The number of ketones is 2. The maximum Gasteiger partial charge on any atom is 0.188 e. The summed E-state index contributed by atoms with van der Waals surface area (Å²) in [5.74, 6) is -0.317. The molecule has 0 amide bonds. The van der Waals surface area contributed by atoms with E-state index in [2.05, 4.69) is 21.2 Å². The Balaban J connectivity index is 1.88. The zero-order chi connectivity index (χ0) is 18.0. The maximum atomic E-state index is 13.2. The fraction of sp³-hybridized carbons (Fsp3) is 0.579. The Hall–Kier alpha value is -1.24. The first kappa shape index (κ1) is 18.5. The molecule has 0 spiro atoms. The number of carbonyl (C=O) groups is 2. The largest absolute Gasteiger partial charge is 0.466 e. The topological polar surface area (TPSA) is 64.6 Å². The minimum atomic E-state index is -0.641. The number of rotatable bonds is 5. The number of aryl methyl sites for hydroxylation is 1. The van der Waals surface area contributed by atoms with E-state index in [0.29, 0.717) is 22.3 Å². The number of ether oxygens (including phenoxy) is 2. The Bertz CT molecular complexity index is 676. The van der Waals surface area contributed by atoms with Gasteiger partial charge >= 0.3 is 0 Å². The third-order valence-electron chi connectivity index (χ3n) is 5.15. The van der Waals surface area contributed by atoms with Crippen molar-refractivity contribution in [1.82, 2.24) is 5.32 Å². The molecule has 3 unspecified atom stereocenters. The lowest BCUT2D eigenvalue weighted by Crippen LogP contribution is -2.54. The predicted octanol–water partition coefficient (Wildman–Crippen LogP) is 3.27. The number of carbonyl (C=O) groups excluding carboxylic acids is 2. The molecular weight excluding hydrogens is 386 g/mol. The molecule has 1 aromatic rings. The second-order valence-corrected chi connectivity index (χ2v) is 7.75. The Kier molecular flexibility index (Phi) is 5.92. The monoisotopic (exact) mass is 409 g/mol. The first-order chi connectivity index (χ1) is 12.0. The molecule has 3 rings (SSSR count). The summed E-state index contributed by atoms with van der Waals surface area (Å²) in [4.78, 5) is 26.1. The zero-order valence-electron chi connectivity index (χ0n) is 14.6. The van der Waals surface area contributed by atoms with Gasteiger partial charge in [0.15, 0.2) is 12.6 Å². The molecule has 1 aromatic carbocycles. The standard InChI is InChI=1S/C19H24BrNO4/c1-11-7-13(19(15(20)8-11)25-10-24-2)18(23)14-9-21-16-6-4-3-5-12(16)17(14)22/h7-8,12,14,16,21H,3-6,9-10H2,1-2H3. The molecule has 1 N–H and O–H groups in total. The van der Waals surface area contributed by atoms with Crippen molar-refractivity contribution in [2.75, 3.05) is 20.4 Å². The normalized spacial score (nSPS) is 26.2. The molecule has 1 saturated heterocycles. The maximum absolute atomic E-state index is 13.2. The summed E-state index contributed by atoms with van der Waals surface area (Å²) >= 11 is 3.46. The van der Waals surface area contributed by atoms with Crippen LogP contribution in [0.1, 0.15) is 41.6 Å². The minimum absolute atomic E-state index is 0.0342. The summed E-state index contributed by atoms with van der Waals surface area (Å²) in [6, 6.07) is 3.91. The van der Waals surface area contributed by atoms with E-state index in [0.717, 1.165) is 31.2 Å². The molecule has 3 atom stereocenters. The van der Waals surface area contributed by atoms with E-state index in [1.165, 1.54) is 7.11 Å². The van der Waals surface area contributed by atoms with E-state index in [9.17, 15) is 9.59 Å². The molecule has 1 aliphatic heterocycles. The van der Waals surface area contributed by atoms with Crippen LogP contribution in [-0.2, 0) is 9.53 Å². The summed E-state index contributed by atoms with van der Waals surface area (Å²) in [5, 5.41) is 3.43. The Morgan fingerprint density at radius 2 is 2.08 bits per heavy atom. The van der Waals surface area contributed by atoms with Crippen molar-refractivity contribution < 1.29 is 19.1 Å². The van der Waals surface area contributed by atoms with Crippen LogP contribution >= 0.6 is 15.9 Å². The number of methoxy groups -OCH3 is 1. The third kappa shape index (κ3) is 3.81. The van der Waals surface area contributed by atoms with E-state index in [1.54, 1.807) is 6.07 Å². The van der Waals surface area contributed by atoms with Crippen LogP contribution < -0.4 is 10.1 Å². The van der Waals surface area contributed by atoms with Crippen LogP contribution in [0, 0.1) is 18.8 Å². The highest BCUT2D eigenvalue weighted by Gasteiger charge is 2.42. The molecule has 2 aliphatic rings. The number of nitrogens with one attached hydrogen (secondary N) is 1. The van der Waals surface area contributed by atoms with Crippen molar-refractivity contribution in [2.45, 2.75) is 38.6 Å². The number of benzene rings is 1. The van der Waals surface area contributed by atoms with E-state index in [4.69, 9.17) is 9.47 Å². The number of Topliss-reactive ketones (excluding diaryl/α,β-unsaturated/α-hetero) is 2. The van der Waals surface area contributed by atoms with Gasteiger partial charge in [-0.05, 0) is 53.4 Å². The molecule has 6 heteroatoms. The van der Waals surface area contributed by atoms with Crippen molar-refractivity contribution in [3.63, 3.8) is 0 Å². The molecule has 25 heavy (non-hydrogen) atoms. The molecule has 0 bridgehead atoms. The summed E-state index contributed by atoms with van der Waals surface area (Å²) in [6.45, 7) is 2.37. The van der Waals surface area contributed by atoms with Crippen LogP contribution in [0.15, 0.2) is 16.6 Å². The zero-order valence-corrected chi connectivity index (χ0v) is 16.2. The van der Waals surface area contributed by atoms with Gasteiger partial charge in [-0.15, -0.1) is 0 Å². The van der Waals surface area contributed by atoms with Gasteiger partial charge in [-0.1, -0.05) is 12.8 Å². The van der Waals surface area contributed by atoms with Crippen LogP contribution in [0.5, 0.6) is 5.75 Å². The highest BCUT2D eigenvalue weighted by atomic mass is 79.9. The highest BCUT2D eigenvalue weighted by Crippen LogP contribution is 2.36. The highest BCUT2D eigenvalue weighted by molar-refractivity contribution is 9.10. The predicted molar refractivity (Wildman–Crippen MR) is 98.0 cm³/mol. The summed E-state index contributed by atoms with van der Waals surface area (Å²) in [5.41, 5.74) is 1.38. The van der Waals surface area contributed by atoms with Crippen molar-refractivity contribution >= 4 is 27.5 Å². The average molecular weight is 410 g/mol. The smallest absolute Gasteiger partial charge is 0.188 e. The van der Waals surface area contributed by atoms with Gasteiger partial charge in [0.05, 0.1) is 16.0 Å². The first-order valence-electron chi connectivity index (χ1n) is 8.76. The lowest BCUT2D eigenvalue weighted by atomic mass is 9.73. The van der Waals surface area contributed by atoms with Gasteiger partial charge in [-0.25, -0.2) is 0 Å². The van der Waals surface area contributed by atoms with Gasteiger partial charge in [-0.3, -0.25) is 9.59 Å². The number of fused-ring (bicyclic) bond motifs is 1. The molecule has 1 saturated carbocycles. The number of halogens is 1. The van der Waals surface area contributed by atoms with E-state index in [-0.39, 0.29) is 30.3 Å². The SMILES string of the molecule is COCOc1c(Br)cc(C)cc1C(=O)C1CNC2CCCCC2C1=O. The van der Waals surface area contributed by atoms with Crippen molar-refractivity contribution in [2.24, 2.45) is 11.8 Å². The average Bonchev–Trinajstić information content (AvgIpc) is 2.60. The number of piperidine rings is 1. The van der Waals surface area contributed by atoms with E-state index in [1.807, 2.05) is 13.0 Å². The summed E-state index contributed by atoms with van der Waals surface area (Å²) in [7, 11) is 1.53. The van der Waals surface area contributed by atoms with Crippen molar-refractivity contribution in [3.05, 3.63) is 27.7 Å². The first-order valence-corrected chi connectivity index (χ1v) is 9.55. The van der Waals surface area contributed by atoms with E-state index < -0.39 is 5.92 Å². The van der Waals surface area contributed by atoms with Crippen LogP contribution in [0.3, 0.4) is 0 Å². The lowest BCUT2D eigenvalue weighted by molar-refractivity contribution is -0.129. The molecule has 0 aromatic heterocycles.